The molecule has 0 aromatic heterocycles. The summed E-state index contributed by atoms with van der Waals surface area (Å²) < 4.78 is 0. The van der Waals surface area contributed by atoms with Crippen LogP contribution in [0.5, 0.6) is 0 Å². The second-order valence-electron chi connectivity index (χ2n) is 5.47. The number of nitrogens with zero attached hydrogens (tertiary/aromatic N) is 2. The third-order valence-electron chi connectivity index (χ3n) is 3.56. The van der Waals surface area contributed by atoms with Gasteiger partial charge in [0.1, 0.15) is 0 Å². The molecule has 0 spiro atoms. The summed E-state index contributed by atoms with van der Waals surface area (Å²) in [6.07, 6.45) is 3.54. The highest BCUT2D eigenvalue weighted by molar-refractivity contribution is 4.91. The van der Waals surface area contributed by atoms with Crippen LogP contribution in [0, 0.1) is 0 Å². The lowest BCUT2D eigenvalue weighted by Gasteiger charge is -2.36. The first-order valence-corrected chi connectivity index (χ1v) is 6.38. The average molecular weight is 228 g/mol. The van der Waals surface area contributed by atoms with Gasteiger partial charge in [-0.3, -0.25) is 5.01 Å². The van der Waals surface area contributed by atoms with E-state index < -0.39 is 0 Å². The second kappa shape index (κ2) is 5.96. The lowest BCUT2D eigenvalue weighted by Crippen LogP contribution is -2.56. The Balaban J connectivity index is 2.60. The minimum Gasteiger partial charge on any atom is -0.329 e. The van der Waals surface area contributed by atoms with Crippen molar-refractivity contribution in [2.45, 2.75) is 44.7 Å². The Morgan fingerprint density at radius 3 is 2.50 bits per heavy atom. The smallest absolute Gasteiger partial charge is 0.0460 e. The minimum atomic E-state index is 0.104. The molecule has 1 heterocycles. The SMILES string of the molecule is CC(C)N1CCCC(CN)(NN(C)C)CC1. The molecule has 96 valence electrons. The number of rotatable bonds is 4. The third kappa shape index (κ3) is 3.70. The molecule has 0 radical (unpaired) electrons. The summed E-state index contributed by atoms with van der Waals surface area (Å²) in [4.78, 5) is 2.55. The summed E-state index contributed by atoms with van der Waals surface area (Å²) in [5, 5.41) is 2.04. The van der Waals surface area contributed by atoms with Crippen molar-refractivity contribution in [3.63, 3.8) is 0 Å². The molecule has 4 nitrogen and oxygen atoms in total. The Labute approximate surface area is 100 Å². The van der Waals surface area contributed by atoms with Gasteiger partial charge in [0.25, 0.3) is 0 Å². The van der Waals surface area contributed by atoms with Crippen molar-refractivity contribution < 1.29 is 0 Å². The Bertz CT molecular complexity index is 205. The molecule has 0 aliphatic carbocycles. The monoisotopic (exact) mass is 228 g/mol. The molecule has 3 N–H and O–H groups in total. The fourth-order valence-electron chi connectivity index (χ4n) is 2.57. The van der Waals surface area contributed by atoms with E-state index in [-0.39, 0.29) is 5.54 Å². The van der Waals surface area contributed by atoms with E-state index in [1.54, 1.807) is 0 Å². The number of likely N-dealkylation sites (tertiary alicyclic amines) is 1. The molecule has 0 saturated carbocycles. The van der Waals surface area contributed by atoms with Crippen LogP contribution < -0.4 is 11.2 Å². The number of nitrogens with one attached hydrogen (secondary N) is 1. The first kappa shape index (κ1) is 13.9. The van der Waals surface area contributed by atoms with Gasteiger partial charge in [-0.2, -0.15) is 0 Å². The van der Waals surface area contributed by atoms with Crippen molar-refractivity contribution in [2.24, 2.45) is 5.73 Å². The topological polar surface area (TPSA) is 44.5 Å². The zero-order chi connectivity index (χ0) is 12.2. The number of hydrogen-bond acceptors (Lipinski definition) is 4. The Kier molecular flexibility index (Phi) is 5.18. The molecule has 1 unspecified atom stereocenters. The van der Waals surface area contributed by atoms with E-state index in [4.69, 9.17) is 5.73 Å². The second-order valence-corrected chi connectivity index (χ2v) is 5.47. The van der Waals surface area contributed by atoms with Crippen molar-refractivity contribution in [2.75, 3.05) is 33.7 Å². The first-order valence-electron chi connectivity index (χ1n) is 6.38. The van der Waals surface area contributed by atoms with Gasteiger partial charge in [0.15, 0.2) is 0 Å². The Hall–Kier alpha value is -0.160. The van der Waals surface area contributed by atoms with Gasteiger partial charge in [0.05, 0.1) is 0 Å². The number of hydrazine groups is 1. The molecular formula is C12H28N4. The molecule has 1 atom stereocenters. The molecule has 4 heteroatoms. The van der Waals surface area contributed by atoms with Crippen LogP contribution in [0.2, 0.25) is 0 Å². The van der Waals surface area contributed by atoms with Gasteiger partial charge in [-0.25, -0.2) is 5.43 Å². The summed E-state index contributed by atoms with van der Waals surface area (Å²) in [6.45, 7) is 7.62. The molecular weight excluding hydrogens is 200 g/mol. The van der Waals surface area contributed by atoms with Crippen LogP contribution >= 0.6 is 0 Å². The predicted molar refractivity (Wildman–Crippen MR) is 69.2 cm³/mol. The lowest BCUT2D eigenvalue weighted by molar-refractivity contribution is 0.141. The van der Waals surface area contributed by atoms with Gasteiger partial charge in [-0.05, 0) is 39.7 Å². The van der Waals surface area contributed by atoms with E-state index in [0.29, 0.717) is 6.04 Å². The van der Waals surface area contributed by atoms with Gasteiger partial charge >= 0.3 is 0 Å². The highest BCUT2D eigenvalue weighted by Crippen LogP contribution is 2.22. The van der Waals surface area contributed by atoms with Crippen molar-refractivity contribution in [3.05, 3.63) is 0 Å². The molecule has 0 aromatic rings. The van der Waals surface area contributed by atoms with E-state index in [0.717, 1.165) is 19.5 Å². The average Bonchev–Trinajstić information content (AvgIpc) is 2.40. The molecule has 0 amide bonds. The Morgan fingerprint density at radius 1 is 1.31 bits per heavy atom. The third-order valence-corrected chi connectivity index (χ3v) is 3.56. The fraction of sp³-hybridized carbons (Fsp3) is 1.00. The van der Waals surface area contributed by atoms with Crippen LogP contribution in [0.3, 0.4) is 0 Å². The van der Waals surface area contributed by atoms with E-state index in [9.17, 15) is 0 Å². The van der Waals surface area contributed by atoms with Gasteiger partial charge in [-0.1, -0.05) is 0 Å². The van der Waals surface area contributed by atoms with E-state index >= 15 is 0 Å². The highest BCUT2D eigenvalue weighted by atomic mass is 15.5. The highest BCUT2D eigenvalue weighted by Gasteiger charge is 2.32. The molecule has 16 heavy (non-hydrogen) atoms. The molecule has 1 aliphatic heterocycles. The summed E-state index contributed by atoms with van der Waals surface area (Å²) in [6, 6.07) is 0.646. The lowest BCUT2D eigenvalue weighted by atomic mass is 9.91. The van der Waals surface area contributed by atoms with Crippen molar-refractivity contribution in [1.82, 2.24) is 15.3 Å². The summed E-state index contributed by atoms with van der Waals surface area (Å²) in [5.74, 6) is 0. The summed E-state index contributed by atoms with van der Waals surface area (Å²) in [5.41, 5.74) is 9.60. The van der Waals surface area contributed by atoms with Crippen LogP contribution in [0.15, 0.2) is 0 Å². The summed E-state index contributed by atoms with van der Waals surface area (Å²) in [7, 11) is 4.09. The molecule has 0 aromatic carbocycles. The summed E-state index contributed by atoms with van der Waals surface area (Å²) >= 11 is 0. The molecule has 1 saturated heterocycles. The zero-order valence-electron chi connectivity index (χ0n) is 11.3. The molecule has 1 rings (SSSR count). The van der Waals surface area contributed by atoms with Crippen LogP contribution in [0.4, 0.5) is 0 Å². The Morgan fingerprint density at radius 2 is 2.00 bits per heavy atom. The first-order chi connectivity index (χ1) is 7.49. The molecule has 1 fully saturated rings. The van der Waals surface area contributed by atoms with Crippen LogP contribution in [-0.2, 0) is 0 Å². The van der Waals surface area contributed by atoms with Gasteiger partial charge in [0, 0.05) is 38.8 Å². The predicted octanol–water partition coefficient (Wildman–Crippen LogP) is 0.644. The fourth-order valence-corrected chi connectivity index (χ4v) is 2.57. The molecule has 1 aliphatic rings. The largest absolute Gasteiger partial charge is 0.329 e. The van der Waals surface area contributed by atoms with Crippen LogP contribution in [0.1, 0.15) is 33.1 Å². The van der Waals surface area contributed by atoms with Crippen molar-refractivity contribution in [1.29, 1.82) is 0 Å². The van der Waals surface area contributed by atoms with E-state index in [2.05, 4.69) is 24.2 Å². The van der Waals surface area contributed by atoms with Gasteiger partial charge in [0.2, 0.25) is 0 Å². The standard InChI is InChI=1S/C12H28N4/c1-11(2)16-8-5-6-12(10-13,7-9-16)14-15(3)4/h11,14H,5-10,13H2,1-4H3. The maximum atomic E-state index is 5.97. The van der Waals surface area contributed by atoms with Crippen LogP contribution in [0.25, 0.3) is 0 Å². The normalized spacial score (nSPS) is 28.7. The quantitative estimate of drug-likeness (QED) is 0.693. The number of nitrogens with two attached hydrogens (primary N) is 1. The van der Waals surface area contributed by atoms with Gasteiger partial charge in [-0.15, -0.1) is 0 Å². The zero-order valence-corrected chi connectivity index (χ0v) is 11.3. The van der Waals surface area contributed by atoms with Crippen LogP contribution in [-0.4, -0.2) is 55.2 Å². The van der Waals surface area contributed by atoms with Crippen molar-refractivity contribution in [3.8, 4) is 0 Å². The minimum absolute atomic E-state index is 0.104. The maximum absolute atomic E-state index is 5.97. The van der Waals surface area contributed by atoms with E-state index in [1.807, 2.05) is 19.1 Å². The van der Waals surface area contributed by atoms with Gasteiger partial charge < -0.3 is 10.6 Å². The van der Waals surface area contributed by atoms with Crippen molar-refractivity contribution >= 4 is 0 Å². The van der Waals surface area contributed by atoms with E-state index in [1.165, 1.54) is 19.4 Å². The molecule has 0 bridgehead atoms. The maximum Gasteiger partial charge on any atom is 0.0460 e. The number of hydrogen-bond donors (Lipinski definition) is 2.